The van der Waals surface area contributed by atoms with Crippen LogP contribution in [0.15, 0.2) is 11.6 Å². The molecule has 0 aromatic heterocycles. The minimum atomic E-state index is -0.343. The van der Waals surface area contributed by atoms with Crippen LogP contribution in [-0.4, -0.2) is 18.0 Å². The van der Waals surface area contributed by atoms with E-state index in [2.05, 4.69) is 19.9 Å². The zero-order valence-corrected chi connectivity index (χ0v) is 9.73. The average Bonchev–Trinajstić information content (AvgIpc) is 2.46. The van der Waals surface area contributed by atoms with Gasteiger partial charge in [0, 0.05) is 0 Å². The largest absolute Gasteiger partial charge is 0.457 e. The highest BCUT2D eigenvalue weighted by Gasteiger charge is 2.28. The van der Waals surface area contributed by atoms with E-state index in [0.29, 0.717) is 5.41 Å². The number of allylic oxidation sites excluding steroid dienone is 1. The van der Waals surface area contributed by atoms with Crippen LogP contribution in [0.2, 0.25) is 0 Å². The van der Waals surface area contributed by atoms with Crippen molar-refractivity contribution in [3.8, 4) is 0 Å². The van der Waals surface area contributed by atoms with E-state index in [1.54, 1.807) is 0 Å². The van der Waals surface area contributed by atoms with E-state index >= 15 is 0 Å². The van der Waals surface area contributed by atoms with Crippen LogP contribution < -0.4 is 0 Å². The molecule has 0 aromatic carbocycles. The second-order valence-corrected chi connectivity index (χ2v) is 4.86. The summed E-state index contributed by atoms with van der Waals surface area (Å²) in [6.07, 6.45) is 4.11. The standard InChI is InChI=1S/C11H17ClO2/c1-8(14-10(13)7-12)9-4-5-11(2,3)6-9/h4,8H,5-7H2,1-3H3. The number of hydrogen-bond donors (Lipinski definition) is 0. The van der Waals surface area contributed by atoms with E-state index < -0.39 is 0 Å². The lowest BCUT2D eigenvalue weighted by Crippen LogP contribution is -2.18. The summed E-state index contributed by atoms with van der Waals surface area (Å²) < 4.78 is 5.14. The number of halogens is 1. The Hall–Kier alpha value is -0.500. The first-order valence-corrected chi connectivity index (χ1v) is 5.42. The van der Waals surface area contributed by atoms with Crippen molar-refractivity contribution in [1.82, 2.24) is 0 Å². The summed E-state index contributed by atoms with van der Waals surface area (Å²) in [5.74, 6) is -0.411. The minimum absolute atomic E-state index is 0.0684. The molecule has 80 valence electrons. The topological polar surface area (TPSA) is 26.3 Å². The van der Waals surface area contributed by atoms with Crippen LogP contribution in [0, 0.1) is 5.41 Å². The molecule has 0 N–H and O–H groups in total. The lowest BCUT2D eigenvalue weighted by Gasteiger charge is -2.19. The highest BCUT2D eigenvalue weighted by Crippen LogP contribution is 2.38. The molecule has 0 radical (unpaired) electrons. The van der Waals surface area contributed by atoms with Crippen molar-refractivity contribution in [2.75, 3.05) is 5.88 Å². The fraction of sp³-hybridized carbons (Fsp3) is 0.727. The van der Waals surface area contributed by atoms with Crippen LogP contribution in [0.4, 0.5) is 0 Å². The van der Waals surface area contributed by atoms with Crippen molar-refractivity contribution in [1.29, 1.82) is 0 Å². The molecule has 0 spiro atoms. The van der Waals surface area contributed by atoms with Crippen molar-refractivity contribution in [2.45, 2.75) is 39.7 Å². The monoisotopic (exact) mass is 216 g/mol. The van der Waals surface area contributed by atoms with Gasteiger partial charge in [0.25, 0.3) is 0 Å². The third-order valence-electron chi connectivity index (χ3n) is 2.54. The lowest BCUT2D eigenvalue weighted by molar-refractivity contribution is -0.143. The van der Waals surface area contributed by atoms with Gasteiger partial charge in [0.2, 0.25) is 0 Å². The Morgan fingerprint density at radius 3 is 2.79 bits per heavy atom. The van der Waals surface area contributed by atoms with Gasteiger partial charge in [-0.3, -0.25) is 4.79 Å². The van der Waals surface area contributed by atoms with Gasteiger partial charge in [0.05, 0.1) is 0 Å². The molecular formula is C11H17ClO2. The normalized spacial score (nSPS) is 21.6. The number of ether oxygens (including phenoxy) is 1. The van der Waals surface area contributed by atoms with Crippen molar-refractivity contribution in [3.63, 3.8) is 0 Å². The SMILES string of the molecule is CC(OC(=O)CCl)C1=CCC(C)(C)C1. The lowest BCUT2D eigenvalue weighted by atomic mass is 9.89. The minimum Gasteiger partial charge on any atom is -0.457 e. The number of alkyl halides is 1. The Balaban J connectivity index is 2.47. The van der Waals surface area contributed by atoms with Crippen LogP contribution in [0.25, 0.3) is 0 Å². The first kappa shape index (κ1) is 11.6. The van der Waals surface area contributed by atoms with Gasteiger partial charge in [-0.25, -0.2) is 0 Å². The molecular weight excluding hydrogens is 200 g/mol. The molecule has 0 bridgehead atoms. The van der Waals surface area contributed by atoms with Gasteiger partial charge >= 0.3 is 5.97 Å². The molecule has 1 aliphatic rings. The maximum Gasteiger partial charge on any atom is 0.321 e. The Bertz CT molecular complexity index is 256. The molecule has 1 atom stereocenters. The maximum atomic E-state index is 11.0. The van der Waals surface area contributed by atoms with Gasteiger partial charge < -0.3 is 4.74 Å². The predicted molar refractivity (Wildman–Crippen MR) is 57.4 cm³/mol. The molecule has 0 aliphatic heterocycles. The maximum absolute atomic E-state index is 11.0. The summed E-state index contributed by atoms with van der Waals surface area (Å²) in [6.45, 7) is 6.33. The summed E-state index contributed by atoms with van der Waals surface area (Å²) in [5, 5.41) is 0. The number of carbonyl (C=O) groups is 1. The van der Waals surface area contributed by atoms with Crippen molar-refractivity contribution in [2.24, 2.45) is 5.41 Å². The zero-order chi connectivity index (χ0) is 10.8. The van der Waals surface area contributed by atoms with Gasteiger partial charge in [0.1, 0.15) is 12.0 Å². The summed E-state index contributed by atoms with van der Waals surface area (Å²) in [6, 6.07) is 0. The molecule has 0 aromatic rings. The van der Waals surface area contributed by atoms with Crippen LogP contribution >= 0.6 is 11.6 Å². The van der Waals surface area contributed by atoms with Gasteiger partial charge in [0.15, 0.2) is 0 Å². The van der Waals surface area contributed by atoms with Crippen molar-refractivity contribution >= 4 is 17.6 Å². The quantitative estimate of drug-likeness (QED) is 0.412. The highest BCUT2D eigenvalue weighted by atomic mass is 35.5. The van der Waals surface area contributed by atoms with Crippen molar-refractivity contribution in [3.05, 3.63) is 11.6 Å². The van der Waals surface area contributed by atoms with Gasteiger partial charge in [-0.1, -0.05) is 19.9 Å². The molecule has 2 nitrogen and oxygen atoms in total. The van der Waals surface area contributed by atoms with E-state index in [1.807, 2.05) is 6.92 Å². The molecule has 0 heterocycles. The van der Waals surface area contributed by atoms with E-state index in [4.69, 9.17) is 16.3 Å². The Labute approximate surface area is 90.3 Å². The third-order valence-corrected chi connectivity index (χ3v) is 2.76. The Morgan fingerprint density at radius 2 is 2.36 bits per heavy atom. The molecule has 0 saturated carbocycles. The van der Waals surface area contributed by atoms with E-state index in [9.17, 15) is 4.79 Å². The zero-order valence-electron chi connectivity index (χ0n) is 8.97. The molecule has 3 heteroatoms. The summed E-state index contributed by atoms with van der Waals surface area (Å²) in [5.41, 5.74) is 1.53. The fourth-order valence-electron chi connectivity index (χ4n) is 1.72. The number of esters is 1. The number of rotatable bonds is 3. The Morgan fingerprint density at radius 1 is 1.71 bits per heavy atom. The molecule has 14 heavy (non-hydrogen) atoms. The molecule has 0 saturated heterocycles. The number of carbonyl (C=O) groups excluding carboxylic acids is 1. The average molecular weight is 217 g/mol. The van der Waals surface area contributed by atoms with Crippen molar-refractivity contribution < 1.29 is 9.53 Å². The Kier molecular flexibility index (Phi) is 3.59. The smallest absolute Gasteiger partial charge is 0.321 e. The second-order valence-electron chi connectivity index (χ2n) is 4.59. The molecule has 1 rings (SSSR count). The summed E-state index contributed by atoms with van der Waals surface area (Å²) in [7, 11) is 0. The molecule has 1 aliphatic carbocycles. The van der Waals surface area contributed by atoms with Crippen LogP contribution in [0.1, 0.15) is 33.6 Å². The van der Waals surface area contributed by atoms with Gasteiger partial charge in [-0.2, -0.15) is 0 Å². The number of hydrogen-bond acceptors (Lipinski definition) is 2. The van der Waals surface area contributed by atoms with Crippen LogP contribution in [0.5, 0.6) is 0 Å². The van der Waals surface area contributed by atoms with E-state index in [-0.39, 0.29) is 18.0 Å². The van der Waals surface area contributed by atoms with Crippen LogP contribution in [-0.2, 0) is 9.53 Å². The van der Waals surface area contributed by atoms with E-state index in [1.165, 1.54) is 5.57 Å². The van der Waals surface area contributed by atoms with Gasteiger partial charge in [-0.05, 0) is 30.8 Å². The fourth-order valence-corrected chi connectivity index (χ4v) is 1.78. The molecule has 1 unspecified atom stereocenters. The first-order chi connectivity index (χ1) is 6.44. The predicted octanol–water partition coefficient (Wildman–Crippen LogP) is 2.90. The first-order valence-electron chi connectivity index (χ1n) is 4.89. The molecule has 0 amide bonds. The third kappa shape index (κ3) is 3.02. The van der Waals surface area contributed by atoms with Gasteiger partial charge in [-0.15, -0.1) is 11.6 Å². The van der Waals surface area contributed by atoms with E-state index in [0.717, 1.165) is 12.8 Å². The highest BCUT2D eigenvalue weighted by molar-refractivity contribution is 6.26. The second kappa shape index (κ2) is 4.35. The summed E-state index contributed by atoms with van der Waals surface area (Å²) in [4.78, 5) is 11.0. The van der Waals surface area contributed by atoms with Crippen LogP contribution in [0.3, 0.4) is 0 Å². The molecule has 0 fully saturated rings. The summed E-state index contributed by atoms with van der Waals surface area (Å²) >= 11 is 5.36.